The molecule has 0 aliphatic heterocycles. The predicted molar refractivity (Wildman–Crippen MR) is 129 cm³/mol. The molecule has 4 aromatic rings. The monoisotopic (exact) mass is 548 g/mol. The van der Waals surface area contributed by atoms with E-state index in [9.17, 15) is 22.0 Å². The van der Waals surface area contributed by atoms with Gasteiger partial charge in [0.15, 0.2) is 17.2 Å². The first-order valence-corrected chi connectivity index (χ1v) is 12.7. The molecule has 0 fully saturated rings. The van der Waals surface area contributed by atoms with Gasteiger partial charge in [0.25, 0.3) is 0 Å². The molecule has 2 aromatic heterocycles. The van der Waals surface area contributed by atoms with E-state index >= 15 is 0 Å². The number of anilines is 1. The average Bonchev–Trinajstić information content (AvgIpc) is 3.19. The summed E-state index contributed by atoms with van der Waals surface area (Å²) in [6, 6.07) is 10.9. The number of aromatic amines is 1. The number of carbonyl (C=O) groups is 1. The highest BCUT2D eigenvalue weighted by atomic mass is 79.9. The number of fused-ring (bicyclic) bond motifs is 1. The molecule has 0 spiro atoms. The Hall–Kier alpha value is -3.18. The lowest BCUT2D eigenvalue weighted by Crippen LogP contribution is -2.19. The average molecular weight is 549 g/mol. The Kier molecular flexibility index (Phi) is 6.76. The number of Topliss-reactive ketones (excluding diaryl/α,β-unsaturated/α-hetero) is 1. The Labute approximate surface area is 202 Å². The van der Waals surface area contributed by atoms with Crippen molar-refractivity contribution in [1.29, 1.82) is 0 Å². The first kappa shape index (κ1) is 24.0. The molecule has 176 valence electrons. The number of nitrogens with zero attached hydrogens (tertiary/aromatic N) is 2. The normalized spacial score (nSPS) is 11.6. The number of carbonyl (C=O) groups excluding carboxylic acids is 1. The second-order valence-corrected chi connectivity index (χ2v) is 10.3. The van der Waals surface area contributed by atoms with Gasteiger partial charge in [-0.1, -0.05) is 41.1 Å². The number of pyridine rings is 1. The number of nitrogens with one attached hydrogen (secondary N) is 2. The van der Waals surface area contributed by atoms with E-state index in [0.29, 0.717) is 29.0 Å². The van der Waals surface area contributed by atoms with Crippen molar-refractivity contribution < 1.29 is 22.0 Å². The van der Waals surface area contributed by atoms with Crippen LogP contribution >= 0.6 is 15.9 Å². The summed E-state index contributed by atoms with van der Waals surface area (Å²) in [5, 5.41) is 0. The lowest BCUT2D eigenvalue weighted by molar-refractivity contribution is 0.0985. The van der Waals surface area contributed by atoms with Crippen LogP contribution in [0.15, 0.2) is 53.1 Å². The van der Waals surface area contributed by atoms with Crippen LogP contribution in [-0.4, -0.2) is 34.9 Å². The van der Waals surface area contributed by atoms with Crippen molar-refractivity contribution in [2.75, 3.05) is 10.5 Å². The maximum absolute atomic E-state index is 14.9. The number of aromatic nitrogens is 3. The van der Waals surface area contributed by atoms with Gasteiger partial charge in [0.05, 0.1) is 22.5 Å². The van der Waals surface area contributed by atoms with Crippen molar-refractivity contribution in [1.82, 2.24) is 15.0 Å². The van der Waals surface area contributed by atoms with Crippen LogP contribution in [-0.2, 0) is 16.4 Å². The lowest BCUT2D eigenvalue weighted by atomic mass is 10.0. The second kappa shape index (κ2) is 9.59. The first-order chi connectivity index (χ1) is 16.2. The summed E-state index contributed by atoms with van der Waals surface area (Å²) in [6.07, 6.45) is 1.38. The zero-order valence-corrected chi connectivity index (χ0v) is 20.3. The topological polar surface area (TPSA) is 105 Å². The highest BCUT2D eigenvalue weighted by Crippen LogP contribution is 2.28. The third kappa shape index (κ3) is 5.00. The van der Waals surface area contributed by atoms with Gasteiger partial charge in [-0.05, 0) is 36.2 Å². The number of hydrogen-bond donors (Lipinski definition) is 2. The molecule has 0 saturated carbocycles. The van der Waals surface area contributed by atoms with E-state index in [1.165, 1.54) is 6.20 Å². The van der Waals surface area contributed by atoms with Gasteiger partial charge in [-0.15, -0.1) is 0 Å². The van der Waals surface area contributed by atoms with Gasteiger partial charge in [0.1, 0.15) is 11.6 Å². The van der Waals surface area contributed by atoms with Crippen molar-refractivity contribution in [2.24, 2.45) is 0 Å². The molecule has 2 heterocycles. The van der Waals surface area contributed by atoms with Crippen LogP contribution < -0.4 is 4.72 Å². The van der Waals surface area contributed by atoms with E-state index < -0.39 is 38.7 Å². The van der Waals surface area contributed by atoms with Crippen LogP contribution in [0.25, 0.3) is 22.6 Å². The third-order valence-electron chi connectivity index (χ3n) is 5.00. The fourth-order valence-electron chi connectivity index (χ4n) is 3.47. The summed E-state index contributed by atoms with van der Waals surface area (Å²) in [5.41, 5.74) is 0.929. The van der Waals surface area contributed by atoms with E-state index in [1.54, 1.807) is 13.0 Å². The molecule has 0 radical (unpaired) electrons. The summed E-state index contributed by atoms with van der Waals surface area (Å²) in [4.78, 5) is 24.6. The molecular weight excluding hydrogens is 530 g/mol. The fourth-order valence-corrected chi connectivity index (χ4v) is 5.07. The van der Waals surface area contributed by atoms with Crippen LogP contribution in [0.3, 0.4) is 0 Å². The number of ketones is 1. The summed E-state index contributed by atoms with van der Waals surface area (Å²) >= 11 is 3.47. The molecule has 11 heteroatoms. The zero-order chi connectivity index (χ0) is 24.5. The van der Waals surface area contributed by atoms with Crippen molar-refractivity contribution in [3.63, 3.8) is 0 Å². The molecule has 0 atom stereocenters. The Morgan fingerprint density at radius 1 is 1.18 bits per heavy atom. The van der Waals surface area contributed by atoms with Crippen LogP contribution in [0.4, 0.5) is 14.5 Å². The van der Waals surface area contributed by atoms with Crippen LogP contribution in [0, 0.1) is 11.6 Å². The zero-order valence-electron chi connectivity index (χ0n) is 17.9. The van der Waals surface area contributed by atoms with Gasteiger partial charge >= 0.3 is 0 Å². The van der Waals surface area contributed by atoms with Gasteiger partial charge in [0.2, 0.25) is 10.0 Å². The minimum Gasteiger partial charge on any atom is -0.337 e. The van der Waals surface area contributed by atoms with Gasteiger partial charge in [-0.25, -0.2) is 27.2 Å². The molecular formula is C23H19BrF2N4O3S. The minimum atomic E-state index is -3.82. The summed E-state index contributed by atoms with van der Waals surface area (Å²) in [5.74, 6) is -2.84. The molecule has 2 N–H and O–H groups in total. The number of benzene rings is 2. The highest BCUT2D eigenvalue weighted by molar-refractivity contribution is 9.10. The Balaban J connectivity index is 1.62. The molecule has 0 saturated heterocycles. The minimum absolute atomic E-state index is 0.232. The van der Waals surface area contributed by atoms with Gasteiger partial charge < -0.3 is 4.98 Å². The number of halogens is 3. The van der Waals surface area contributed by atoms with Gasteiger partial charge in [-0.3, -0.25) is 9.52 Å². The molecule has 0 aliphatic rings. The number of sulfonamides is 1. The van der Waals surface area contributed by atoms with Crippen molar-refractivity contribution >= 4 is 48.6 Å². The number of H-pyrrole nitrogens is 1. The van der Waals surface area contributed by atoms with Crippen LogP contribution in [0.2, 0.25) is 0 Å². The molecule has 0 bridgehead atoms. The molecule has 7 nitrogen and oxygen atoms in total. The predicted octanol–water partition coefficient (Wildman–Crippen LogP) is 5.24. The first-order valence-electron chi connectivity index (χ1n) is 10.3. The van der Waals surface area contributed by atoms with E-state index in [0.717, 1.165) is 22.2 Å². The maximum Gasteiger partial charge on any atom is 0.232 e. The van der Waals surface area contributed by atoms with Crippen LogP contribution in [0.1, 0.15) is 29.3 Å². The largest absolute Gasteiger partial charge is 0.337 e. The smallest absolute Gasteiger partial charge is 0.232 e. The van der Waals surface area contributed by atoms with Crippen molar-refractivity contribution in [2.45, 2.75) is 19.8 Å². The Morgan fingerprint density at radius 3 is 2.68 bits per heavy atom. The number of hydrogen-bond acceptors (Lipinski definition) is 5. The summed E-state index contributed by atoms with van der Waals surface area (Å²) in [6.45, 7) is 1.65. The van der Waals surface area contributed by atoms with Gasteiger partial charge in [0, 0.05) is 22.7 Å². The van der Waals surface area contributed by atoms with E-state index in [-0.39, 0.29) is 12.2 Å². The van der Waals surface area contributed by atoms with Gasteiger partial charge in [-0.2, -0.15) is 0 Å². The number of rotatable bonds is 8. The second-order valence-electron chi connectivity index (χ2n) is 7.58. The Bertz CT molecular complexity index is 1510. The highest BCUT2D eigenvalue weighted by Gasteiger charge is 2.23. The third-order valence-corrected chi connectivity index (χ3v) is 7.16. The molecule has 34 heavy (non-hydrogen) atoms. The fraction of sp³-hybridized carbons (Fsp3) is 0.174. The molecule has 2 aromatic carbocycles. The standard InChI is InChI=1S/C23H19BrF2N4O3S/c1-2-9-34(32,33)30-17-8-7-16(25)20(21(17)26)19(31)11-13-10-18-23(27-12-13)29-22(28-18)14-5-3-4-6-15(14)24/h3-8,10,12,30H,2,9,11H2,1H3,(H,27,28,29). The molecule has 4 rings (SSSR count). The van der Waals surface area contributed by atoms with E-state index in [1.807, 2.05) is 24.3 Å². The molecule has 0 amide bonds. The lowest BCUT2D eigenvalue weighted by Gasteiger charge is -2.11. The molecule has 0 unspecified atom stereocenters. The summed E-state index contributed by atoms with van der Waals surface area (Å²) in [7, 11) is -3.82. The van der Waals surface area contributed by atoms with Crippen LogP contribution in [0.5, 0.6) is 0 Å². The summed E-state index contributed by atoms with van der Waals surface area (Å²) < 4.78 is 56.2. The maximum atomic E-state index is 14.9. The quantitative estimate of drug-likeness (QED) is 0.293. The van der Waals surface area contributed by atoms with Crippen molar-refractivity contribution in [3.8, 4) is 11.4 Å². The number of imidazole rings is 1. The van der Waals surface area contributed by atoms with Crippen molar-refractivity contribution in [3.05, 3.63) is 75.9 Å². The van der Waals surface area contributed by atoms with E-state index in [4.69, 9.17) is 0 Å². The van der Waals surface area contributed by atoms with E-state index in [2.05, 4.69) is 35.6 Å². The SMILES string of the molecule is CCCS(=O)(=O)Nc1ccc(F)c(C(=O)Cc2cnc3nc(-c4ccccc4Br)[nH]c3c2)c1F. The Morgan fingerprint density at radius 2 is 1.94 bits per heavy atom. The molecule has 0 aliphatic carbocycles.